The number of aromatic nitrogens is 2. The standard InChI is InChI=1S/C21H22N4O2S/c1-4-25(5-2)21-20(23-17-8-6-7-9-18(17)24-21)19(14-22)28(26,27)16-12-10-15(3)11-13-16/h6-13,19H,4-5H2,1-3H3. The van der Waals surface area contributed by atoms with Gasteiger partial charge >= 0.3 is 0 Å². The van der Waals surface area contributed by atoms with E-state index < -0.39 is 15.1 Å². The van der Waals surface area contributed by atoms with E-state index in [1.165, 1.54) is 12.1 Å². The highest BCUT2D eigenvalue weighted by atomic mass is 32.2. The van der Waals surface area contributed by atoms with Crippen LogP contribution in [-0.4, -0.2) is 31.5 Å². The molecule has 7 heteroatoms. The molecule has 0 radical (unpaired) electrons. The summed E-state index contributed by atoms with van der Waals surface area (Å²) in [6.45, 7) is 7.05. The van der Waals surface area contributed by atoms with Crippen molar-refractivity contribution in [2.45, 2.75) is 30.9 Å². The van der Waals surface area contributed by atoms with Crippen LogP contribution in [0.2, 0.25) is 0 Å². The smallest absolute Gasteiger partial charge is 0.200 e. The van der Waals surface area contributed by atoms with Crippen LogP contribution in [0.3, 0.4) is 0 Å². The zero-order valence-corrected chi connectivity index (χ0v) is 16.9. The zero-order chi connectivity index (χ0) is 20.3. The van der Waals surface area contributed by atoms with Gasteiger partial charge in [0.05, 0.1) is 22.0 Å². The molecule has 0 aliphatic heterocycles. The van der Waals surface area contributed by atoms with Crippen molar-refractivity contribution in [3.8, 4) is 6.07 Å². The van der Waals surface area contributed by atoms with E-state index in [1.807, 2.05) is 49.9 Å². The van der Waals surface area contributed by atoms with Gasteiger partial charge in [0.1, 0.15) is 5.69 Å². The number of sulfone groups is 1. The number of anilines is 1. The second-order valence-corrected chi connectivity index (χ2v) is 8.49. The van der Waals surface area contributed by atoms with Gasteiger partial charge in [0.25, 0.3) is 0 Å². The minimum Gasteiger partial charge on any atom is -0.356 e. The quantitative estimate of drug-likeness (QED) is 0.632. The number of fused-ring (bicyclic) bond motifs is 1. The third-order valence-electron chi connectivity index (χ3n) is 4.67. The maximum atomic E-state index is 13.3. The van der Waals surface area contributed by atoms with Crippen molar-refractivity contribution in [3.05, 3.63) is 59.8 Å². The first kappa shape index (κ1) is 19.8. The van der Waals surface area contributed by atoms with Crippen molar-refractivity contribution in [1.82, 2.24) is 9.97 Å². The first-order valence-electron chi connectivity index (χ1n) is 9.14. The Labute approximate surface area is 165 Å². The predicted molar refractivity (Wildman–Crippen MR) is 110 cm³/mol. The first-order chi connectivity index (χ1) is 13.4. The highest BCUT2D eigenvalue weighted by Gasteiger charge is 2.34. The van der Waals surface area contributed by atoms with E-state index >= 15 is 0 Å². The largest absolute Gasteiger partial charge is 0.356 e. The second kappa shape index (κ2) is 7.95. The van der Waals surface area contributed by atoms with Crippen LogP contribution in [0.5, 0.6) is 0 Å². The molecule has 0 bridgehead atoms. The van der Waals surface area contributed by atoms with Gasteiger partial charge in [-0.25, -0.2) is 18.4 Å². The third-order valence-corrected chi connectivity index (χ3v) is 6.54. The second-order valence-electron chi connectivity index (χ2n) is 6.46. The molecule has 0 aliphatic carbocycles. The fourth-order valence-corrected chi connectivity index (χ4v) is 4.46. The number of nitrogens with zero attached hydrogens (tertiary/aromatic N) is 4. The average molecular weight is 395 g/mol. The van der Waals surface area contributed by atoms with E-state index in [9.17, 15) is 13.7 Å². The summed E-state index contributed by atoms with van der Waals surface area (Å²) in [4.78, 5) is 11.2. The molecule has 0 amide bonds. The van der Waals surface area contributed by atoms with Crippen LogP contribution < -0.4 is 4.90 Å². The lowest BCUT2D eigenvalue weighted by atomic mass is 10.2. The molecule has 0 saturated carbocycles. The maximum Gasteiger partial charge on any atom is 0.200 e. The number of hydrogen-bond acceptors (Lipinski definition) is 6. The Balaban J connectivity index is 2.25. The topological polar surface area (TPSA) is 86.9 Å². The summed E-state index contributed by atoms with van der Waals surface area (Å²) in [5.41, 5.74) is 2.34. The molecule has 144 valence electrons. The molecular formula is C21H22N4O2S. The van der Waals surface area contributed by atoms with Crippen molar-refractivity contribution >= 4 is 26.7 Å². The summed E-state index contributed by atoms with van der Waals surface area (Å²) in [6, 6.07) is 15.7. The van der Waals surface area contributed by atoms with Gasteiger partial charge in [-0.3, -0.25) is 0 Å². The van der Waals surface area contributed by atoms with Crippen LogP contribution in [0.1, 0.15) is 30.4 Å². The van der Waals surface area contributed by atoms with Gasteiger partial charge in [0, 0.05) is 13.1 Å². The fourth-order valence-electron chi connectivity index (χ4n) is 3.08. The summed E-state index contributed by atoms with van der Waals surface area (Å²) in [6.07, 6.45) is 0. The number of hydrogen-bond donors (Lipinski definition) is 0. The Kier molecular flexibility index (Phi) is 5.61. The summed E-state index contributed by atoms with van der Waals surface area (Å²) in [7, 11) is -3.95. The number of para-hydroxylation sites is 2. The molecule has 1 aromatic heterocycles. The summed E-state index contributed by atoms with van der Waals surface area (Å²) >= 11 is 0. The molecule has 1 atom stereocenters. The Morgan fingerprint density at radius 2 is 1.57 bits per heavy atom. The van der Waals surface area contributed by atoms with Gasteiger partial charge in [-0.2, -0.15) is 5.26 Å². The normalized spacial score (nSPS) is 12.5. The van der Waals surface area contributed by atoms with E-state index in [4.69, 9.17) is 0 Å². The molecule has 28 heavy (non-hydrogen) atoms. The molecular weight excluding hydrogens is 372 g/mol. The third kappa shape index (κ3) is 3.56. The molecule has 6 nitrogen and oxygen atoms in total. The molecule has 0 aliphatic rings. The SMILES string of the molecule is CCN(CC)c1nc2ccccc2nc1C(C#N)S(=O)(=O)c1ccc(C)cc1. The summed E-state index contributed by atoms with van der Waals surface area (Å²) in [5.74, 6) is 0.436. The monoisotopic (exact) mass is 394 g/mol. The molecule has 0 N–H and O–H groups in total. The molecule has 0 spiro atoms. The van der Waals surface area contributed by atoms with Crippen LogP contribution in [0.15, 0.2) is 53.4 Å². The van der Waals surface area contributed by atoms with Gasteiger partial charge in [-0.1, -0.05) is 29.8 Å². The molecule has 1 unspecified atom stereocenters. The highest BCUT2D eigenvalue weighted by Crippen LogP contribution is 2.33. The molecule has 3 rings (SSSR count). The predicted octanol–water partition coefficient (Wildman–Crippen LogP) is 3.82. The van der Waals surface area contributed by atoms with Crippen LogP contribution in [0.4, 0.5) is 5.82 Å². The van der Waals surface area contributed by atoms with E-state index in [0.29, 0.717) is 29.9 Å². The van der Waals surface area contributed by atoms with Crippen LogP contribution in [0, 0.1) is 18.3 Å². The van der Waals surface area contributed by atoms with Crippen molar-refractivity contribution in [2.24, 2.45) is 0 Å². The van der Waals surface area contributed by atoms with Crippen LogP contribution in [-0.2, 0) is 9.84 Å². The first-order valence-corrected chi connectivity index (χ1v) is 10.7. The zero-order valence-electron chi connectivity index (χ0n) is 16.1. The van der Waals surface area contributed by atoms with Crippen molar-refractivity contribution in [1.29, 1.82) is 5.26 Å². The molecule has 3 aromatic rings. The van der Waals surface area contributed by atoms with Crippen molar-refractivity contribution in [3.63, 3.8) is 0 Å². The van der Waals surface area contributed by atoms with E-state index in [0.717, 1.165) is 5.56 Å². The number of benzene rings is 2. The minimum atomic E-state index is -3.95. The van der Waals surface area contributed by atoms with E-state index in [-0.39, 0.29) is 10.6 Å². The van der Waals surface area contributed by atoms with E-state index in [2.05, 4.69) is 9.97 Å². The van der Waals surface area contributed by atoms with Crippen molar-refractivity contribution in [2.75, 3.05) is 18.0 Å². The molecule has 2 aromatic carbocycles. The number of nitriles is 1. The fraction of sp³-hybridized carbons (Fsp3) is 0.286. The molecule has 1 heterocycles. The lowest BCUT2D eigenvalue weighted by molar-refractivity contribution is 0.590. The molecule has 0 saturated heterocycles. The molecule has 0 fully saturated rings. The Hall–Kier alpha value is -2.98. The number of rotatable bonds is 6. The Morgan fingerprint density at radius 1 is 1.00 bits per heavy atom. The highest BCUT2D eigenvalue weighted by molar-refractivity contribution is 7.92. The minimum absolute atomic E-state index is 0.102. The number of aryl methyl sites for hydroxylation is 1. The summed E-state index contributed by atoms with van der Waals surface area (Å²) in [5, 5.41) is 8.40. The summed E-state index contributed by atoms with van der Waals surface area (Å²) < 4.78 is 26.5. The van der Waals surface area contributed by atoms with E-state index in [1.54, 1.807) is 18.2 Å². The average Bonchev–Trinajstić information content (AvgIpc) is 2.69. The maximum absolute atomic E-state index is 13.3. The Morgan fingerprint density at radius 3 is 2.11 bits per heavy atom. The lowest BCUT2D eigenvalue weighted by Crippen LogP contribution is -2.27. The Bertz CT molecular complexity index is 1130. The lowest BCUT2D eigenvalue weighted by Gasteiger charge is -2.24. The van der Waals surface area contributed by atoms with Gasteiger partial charge in [-0.15, -0.1) is 0 Å². The van der Waals surface area contributed by atoms with Gasteiger partial charge in [0.15, 0.2) is 11.1 Å². The van der Waals surface area contributed by atoms with Gasteiger partial charge < -0.3 is 4.90 Å². The van der Waals surface area contributed by atoms with Crippen LogP contribution in [0.25, 0.3) is 11.0 Å². The van der Waals surface area contributed by atoms with Gasteiger partial charge in [-0.05, 0) is 45.0 Å². The van der Waals surface area contributed by atoms with Crippen LogP contribution >= 0.6 is 0 Å². The van der Waals surface area contributed by atoms with Gasteiger partial charge in [0.2, 0.25) is 9.84 Å². The van der Waals surface area contributed by atoms with Crippen molar-refractivity contribution < 1.29 is 8.42 Å².